The van der Waals surface area contributed by atoms with Crippen LogP contribution in [0.25, 0.3) is 0 Å². The van der Waals surface area contributed by atoms with Gasteiger partial charge in [0.25, 0.3) is 0 Å². The molecule has 0 amide bonds. The van der Waals surface area contributed by atoms with Gasteiger partial charge in [0, 0.05) is 44.0 Å². The van der Waals surface area contributed by atoms with Gasteiger partial charge in [-0.1, -0.05) is 0 Å². The van der Waals surface area contributed by atoms with E-state index in [1.54, 1.807) is 18.6 Å². The van der Waals surface area contributed by atoms with Crippen molar-refractivity contribution in [1.82, 2.24) is 25.3 Å². The van der Waals surface area contributed by atoms with E-state index in [0.29, 0.717) is 5.92 Å². The second-order valence-corrected chi connectivity index (χ2v) is 5.24. The second-order valence-electron chi connectivity index (χ2n) is 5.24. The zero-order chi connectivity index (χ0) is 14.3. The van der Waals surface area contributed by atoms with Crippen molar-refractivity contribution in [1.29, 1.82) is 0 Å². The van der Waals surface area contributed by atoms with Crippen LogP contribution in [0.15, 0.2) is 31.0 Å². The molecule has 0 aromatic carbocycles. The Kier molecular flexibility index (Phi) is 4.68. The van der Waals surface area contributed by atoms with Crippen LogP contribution < -0.4 is 10.6 Å². The number of piperidine rings is 1. The third-order valence-corrected chi connectivity index (χ3v) is 3.69. The van der Waals surface area contributed by atoms with Crippen LogP contribution in [0.3, 0.4) is 0 Å². The molecule has 3 heterocycles. The lowest BCUT2D eigenvalue weighted by Crippen LogP contribution is -2.28. The van der Waals surface area contributed by atoms with Crippen LogP contribution >= 0.6 is 0 Å². The predicted molar refractivity (Wildman–Crippen MR) is 81.1 cm³/mol. The van der Waals surface area contributed by atoms with Crippen LogP contribution in [0, 0.1) is 0 Å². The molecule has 2 aromatic rings. The maximum Gasteiger partial charge on any atom is 0.144 e. The average Bonchev–Trinajstić information content (AvgIpc) is 2.57. The Balaban J connectivity index is 1.50. The van der Waals surface area contributed by atoms with E-state index in [2.05, 4.69) is 30.6 Å². The summed E-state index contributed by atoms with van der Waals surface area (Å²) < 4.78 is 0. The minimum atomic E-state index is 0.500. The Bertz CT molecular complexity index is 536. The highest BCUT2D eigenvalue weighted by Gasteiger charge is 2.16. The highest BCUT2D eigenvalue weighted by atomic mass is 15.0. The first-order chi connectivity index (χ1) is 10.4. The van der Waals surface area contributed by atoms with Gasteiger partial charge in [-0.2, -0.15) is 0 Å². The lowest BCUT2D eigenvalue weighted by atomic mass is 9.97. The number of rotatable bonds is 5. The summed E-state index contributed by atoms with van der Waals surface area (Å²) in [6, 6.07) is 0. The molecule has 0 spiro atoms. The maximum absolute atomic E-state index is 4.54. The Morgan fingerprint density at radius 1 is 1.14 bits per heavy atom. The van der Waals surface area contributed by atoms with Crippen molar-refractivity contribution < 1.29 is 0 Å². The lowest BCUT2D eigenvalue weighted by Gasteiger charge is -2.21. The van der Waals surface area contributed by atoms with Crippen molar-refractivity contribution in [3.8, 4) is 0 Å². The Morgan fingerprint density at radius 3 is 2.86 bits per heavy atom. The number of nitrogens with one attached hydrogen (secondary N) is 2. The van der Waals surface area contributed by atoms with Crippen LogP contribution in [0.4, 0.5) is 5.82 Å². The summed E-state index contributed by atoms with van der Waals surface area (Å²) in [6.45, 7) is 2.90. The normalized spacial score (nSPS) is 18.4. The number of hydrogen-bond donors (Lipinski definition) is 2. The molecular formula is C15H20N6. The van der Waals surface area contributed by atoms with Gasteiger partial charge in [-0.3, -0.25) is 15.0 Å². The molecular weight excluding hydrogens is 264 g/mol. The summed E-state index contributed by atoms with van der Waals surface area (Å²) in [5.74, 6) is 1.31. The molecule has 1 fully saturated rings. The van der Waals surface area contributed by atoms with Crippen LogP contribution in [0.5, 0.6) is 0 Å². The molecule has 1 saturated heterocycles. The molecule has 0 radical (unpaired) electrons. The lowest BCUT2D eigenvalue weighted by molar-refractivity contribution is 0.454. The van der Waals surface area contributed by atoms with E-state index in [1.807, 2.05) is 12.4 Å². The van der Waals surface area contributed by atoms with Gasteiger partial charge >= 0.3 is 0 Å². The molecule has 0 saturated carbocycles. The van der Waals surface area contributed by atoms with E-state index < -0.39 is 0 Å². The number of hydrogen-bond acceptors (Lipinski definition) is 6. The van der Waals surface area contributed by atoms with Gasteiger partial charge in [-0.15, -0.1) is 0 Å². The van der Waals surface area contributed by atoms with Crippen molar-refractivity contribution in [2.75, 3.05) is 25.0 Å². The zero-order valence-electron chi connectivity index (χ0n) is 12.0. The highest BCUT2D eigenvalue weighted by molar-refractivity contribution is 5.31. The van der Waals surface area contributed by atoms with Gasteiger partial charge in [0.05, 0.1) is 23.8 Å². The molecule has 2 N–H and O–H groups in total. The second kappa shape index (κ2) is 7.08. The smallest absolute Gasteiger partial charge is 0.144 e. The number of nitrogens with zero attached hydrogens (tertiary/aromatic N) is 4. The topological polar surface area (TPSA) is 75.6 Å². The van der Waals surface area contributed by atoms with E-state index >= 15 is 0 Å². The van der Waals surface area contributed by atoms with E-state index in [0.717, 1.165) is 43.3 Å². The molecule has 21 heavy (non-hydrogen) atoms. The summed E-state index contributed by atoms with van der Waals surface area (Å²) in [6.07, 6.45) is 12.1. The molecule has 110 valence electrons. The Morgan fingerprint density at radius 2 is 2.14 bits per heavy atom. The highest BCUT2D eigenvalue weighted by Crippen LogP contribution is 2.20. The van der Waals surface area contributed by atoms with Gasteiger partial charge in [0.1, 0.15) is 5.82 Å². The molecule has 0 unspecified atom stereocenters. The summed E-state index contributed by atoms with van der Waals surface area (Å²) in [7, 11) is 0. The van der Waals surface area contributed by atoms with Crippen LogP contribution in [-0.4, -0.2) is 39.6 Å². The van der Waals surface area contributed by atoms with Crippen molar-refractivity contribution >= 4 is 5.82 Å². The number of anilines is 1. The fraction of sp³-hybridized carbons (Fsp3) is 0.467. The standard InChI is InChI=1S/C15H20N6/c1-2-12(8-16-4-1)14-10-21-15(11-20-14)19-5-3-13-9-17-6-7-18-13/h6-7,9-12,16H,1-5,8H2,(H,19,21)/t12-/m1/s1. The van der Waals surface area contributed by atoms with Crippen molar-refractivity contribution in [3.05, 3.63) is 42.4 Å². The predicted octanol–water partition coefficient (Wildman–Crippen LogP) is 1.39. The first-order valence-corrected chi connectivity index (χ1v) is 7.43. The molecule has 0 bridgehead atoms. The van der Waals surface area contributed by atoms with E-state index in [9.17, 15) is 0 Å². The molecule has 3 rings (SSSR count). The third kappa shape index (κ3) is 3.95. The minimum Gasteiger partial charge on any atom is -0.368 e. The van der Waals surface area contributed by atoms with Gasteiger partial charge in [-0.25, -0.2) is 4.98 Å². The summed E-state index contributed by atoms with van der Waals surface area (Å²) in [5.41, 5.74) is 2.06. The third-order valence-electron chi connectivity index (χ3n) is 3.69. The van der Waals surface area contributed by atoms with Crippen LogP contribution in [0.1, 0.15) is 30.1 Å². The summed E-state index contributed by atoms with van der Waals surface area (Å²) >= 11 is 0. The van der Waals surface area contributed by atoms with Gasteiger partial charge < -0.3 is 10.6 Å². The van der Waals surface area contributed by atoms with Crippen LogP contribution in [-0.2, 0) is 6.42 Å². The van der Waals surface area contributed by atoms with Crippen molar-refractivity contribution in [2.45, 2.75) is 25.2 Å². The van der Waals surface area contributed by atoms with Crippen molar-refractivity contribution in [2.24, 2.45) is 0 Å². The van der Waals surface area contributed by atoms with E-state index in [-0.39, 0.29) is 0 Å². The van der Waals surface area contributed by atoms with Gasteiger partial charge in [0.2, 0.25) is 0 Å². The van der Waals surface area contributed by atoms with Crippen molar-refractivity contribution in [3.63, 3.8) is 0 Å². The van der Waals surface area contributed by atoms with E-state index in [1.165, 1.54) is 12.8 Å². The summed E-state index contributed by atoms with van der Waals surface area (Å²) in [4.78, 5) is 17.3. The van der Waals surface area contributed by atoms with Gasteiger partial charge in [0.15, 0.2) is 0 Å². The molecule has 6 nitrogen and oxygen atoms in total. The van der Waals surface area contributed by atoms with Crippen LogP contribution in [0.2, 0.25) is 0 Å². The van der Waals surface area contributed by atoms with E-state index in [4.69, 9.17) is 0 Å². The SMILES string of the molecule is c1cnc(CCNc2cnc([C@@H]3CCCNC3)cn2)cn1. The first kappa shape index (κ1) is 13.9. The van der Waals surface area contributed by atoms with Gasteiger partial charge in [-0.05, 0) is 19.4 Å². The molecule has 1 aliphatic heterocycles. The Labute approximate surface area is 124 Å². The monoisotopic (exact) mass is 284 g/mol. The number of aromatic nitrogens is 4. The first-order valence-electron chi connectivity index (χ1n) is 7.43. The largest absolute Gasteiger partial charge is 0.368 e. The minimum absolute atomic E-state index is 0.500. The summed E-state index contributed by atoms with van der Waals surface area (Å²) in [5, 5.41) is 6.67. The molecule has 1 atom stereocenters. The fourth-order valence-corrected chi connectivity index (χ4v) is 2.52. The fourth-order valence-electron chi connectivity index (χ4n) is 2.52. The Hall–Kier alpha value is -2.08. The average molecular weight is 284 g/mol. The molecule has 6 heteroatoms. The molecule has 1 aliphatic rings. The zero-order valence-corrected chi connectivity index (χ0v) is 12.0. The molecule has 2 aromatic heterocycles. The maximum atomic E-state index is 4.54. The quantitative estimate of drug-likeness (QED) is 0.864. The molecule has 0 aliphatic carbocycles.